The van der Waals surface area contributed by atoms with Crippen molar-refractivity contribution < 1.29 is 9.53 Å². The Morgan fingerprint density at radius 1 is 1.62 bits per heavy atom. The van der Waals surface area contributed by atoms with E-state index in [2.05, 4.69) is 20.7 Å². The van der Waals surface area contributed by atoms with Gasteiger partial charge in [-0.3, -0.25) is 0 Å². The predicted molar refractivity (Wildman–Crippen MR) is 58.7 cm³/mol. The molecule has 0 radical (unpaired) electrons. The zero-order chi connectivity index (χ0) is 9.42. The molecule has 0 fully saturated rings. The highest BCUT2D eigenvalue weighted by atomic mass is 79.9. The van der Waals surface area contributed by atoms with Gasteiger partial charge < -0.3 is 4.74 Å². The van der Waals surface area contributed by atoms with E-state index in [1.807, 2.05) is 11.4 Å². The Balaban J connectivity index is 2.56. The molecule has 0 amide bonds. The van der Waals surface area contributed by atoms with E-state index >= 15 is 0 Å². The molecule has 2 aromatic rings. The van der Waals surface area contributed by atoms with Crippen molar-refractivity contribution >= 4 is 54.7 Å². The lowest BCUT2D eigenvalue weighted by atomic mass is 10.4. The Hall–Kier alpha value is -0.390. The minimum absolute atomic E-state index is 0.266. The van der Waals surface area contributed by atoms with E-state index < -0.39 is 0 Å². The largest absolute Gasteiger partial charge is 0.465 e. The highest BCUT2D eigenvalue weighted by Gasteiger charge is 2.12. The second kappa shape index (κ2) is 3.40. The highest BCUT2D eigenvalue weighted by molar-refractivity contribution is 9.11. The zero-order valence-corrected chi connectivity index (χ0v) is 9.88. The molecule has 0 aromatic carbocycles. The maximum absolute atomic E-state index is 11.2. The summed E-state index contributed by atoms with van der Waals surface area (Å²) in [6.07, 6.45) is 0. The van der Waals surface area contributed by atoms with Crippen LogP contribution in [0.3, 0.4) is 0 Å². The summed E-state index contributed by atoms with van der Waals surface area (Å²) >= 11 is 6.51. The van der Waals surface area contributed by atoms with Crippen LogP contribution in [0.2, 0.25) is 0 Å². The normalized spacial score (nSPS) is 10.6. The fraction of sp³-hybridized carbons (Fsp3) is 0.125. The summed E-state index contributed by atoms with van der Waals surface area (Å²) in [5.41, 5.74) is 0. The van der Waals surface area contributed by atoms with Crippen LogP contribution >= 0.6 is 38.6 Å². The SMILES string of the molecule is COC(=O)c1cc2csc(Br)c2s1. The molecule has 2 nitrogen and oxygen atoms in total. The van der Waals surface area contributed by atoms with E-state index in [9.17, 15) is 4.79 Å². The third-order valence-corrected chi connectivity index (χ3v) is 4.90. The van der Waals surface area contributed by atoms with Gasteiger partial charge in [0.25, 0.3) is 0 Å². The van der Waals surface area contributed by atoms with Crippen LogP contribution in [0.1, 0.15) is 9.67 Å². The van der Waals surface area contributed by atoms with Gasteiger partial charge in [-0.15, -0.1) is 22.7 Å². The van der Waals surface area contributed by atoms with Gasteiger partial charge in [0.2, 0.25) is 0 Å². The number of methoxy groups -OCH3 is 1. The van der Waals surface area contributed by atoms with E-state index in [4.69, 9.17) is 0 Å². The van der Waals surface area contributed by atoms with Gasteiger partial charge in [0.05, 0.1) is 15.6 Å². The van der Waals surface area contributed by atoms with Gasteiger partial charge >= 0.3 is 5.97 Å². The first-order valence-electron chi connectivity index (χ1n) is 3.47. The number of carbonyl (C=O) groups excluding carboxylic acids is 1. The Kier molecular flexibility index (Phi) is 2.40. The standard InChI is InChI=1S/C8H5BrO2S2/c1-11-8(10)5-2-4-3-12-7(9)6(4)13-5/h2-3H,1H3. The average Bonchev–Trinajstić information content (AvgIpc) is 2.67. The summed E-state index contributed by atoms with van der Waals surface area (Å²) in [6.45, 7) is 0. The molecule has 5 heteroatoms. The molecule has 0 atom stereocenters. The Labute approximate surface area is 91.3 Å². The first-order chi connectivity index (χ1) is 6.22. The monoisotopic (exact) mass is 276 g/mol. The van der Waals surface area contributed by atoms with E-state index in [-0.39, 0.29) is 5.97 Å². The number of carbonyl (C=O) groups is 1. The van der Waals surface area contributed by atoms with Gasteiger partial charge in [0, 0.05) is 10.8 Å². The van der Waals surface area contributed by atoms with Crippen LogP contribution in [0.4, 0.5) is 0 Å². The lowest BCUT2D eigenvalue weighted by Crippen LogP contribution is -1.96. The van der Waals surface area contributed by atoms with Gasteiger partial charge in [0.1, 0.15) is 4.88 Å². The van der Waals surface area contributed by atoms with Crippen molar-refractivity contribution in [1.82, 2.24) is 0 Å². The topological polar surface area (TPSA) is 26.3 Å². The van der Waals surface area contributed by atoms with Crippen molar-refractivity contribution in [3.63, 3.8) is 0 Å². The maximum Gasteiger partial charge on any atom is 0.348 e. The molecule has 2 heterocycles. The number of rotatable bonds is 1. The molecule has 0 spiro atoms. The summed E-state index contributed by atoms with van der Waals surface area (Å²) in [5.74, 6) is -0.266. The summed E-state index contributed by atoms with van der Waals surface area (Å²) in [4.78, 5) is 11.8. The van der Waals surface area contributed by atoms with Crippen LogP contribution in [0.15, 0.2) is 15.2 Å². The number of ether oxygens (including phenoxy) is 1. The smallest absolute Gasteiger partial charge is 0.348 e. The molecule has 0 N–H and O–H groups in total. The molecule has 0 aliphatic carbocycles. The molecule has 2 rings (SSSR count). The van der Waals surface area contributed by atoms with Gasteiger partial charge in [-0.25, -0.2) is 4.79 Å². The van der Waals surface area contributed by atoms with Crippen LogP contribution < -0.4 is 0 Å². The van der Waals surface area contributed by atoms with Gasteiger partial charge in [0.15, 0.2) is 0 Å². The number of fused-ring (bicyclic) bond motifs is 1. The van der Waals surface area contributed by atoms with E-state index in [0.717, 1.165) is 13.9 Å². The molecular weight excluding hydrogens is 272 g/mol. The van der Waals surface area contributed by atoms with Gasteiger partial charge in [-0.2, -0.15) is 0 Å². The zero-order valence-electron chi connectivity index (χ0n) is 6.67. The number of hydrogen-bond acceptors (Lipinski definition) is 4. The minimum Gasteiger partial charge on any atom is -0.465 e. The van der Waals surface area contributed by atoms with Crippen LogP contribution in [0, 0.1) is 0 Å². The molecule has 13 heavy (non-hydrogen) atoms. The van der Waals surface area contributed by atoms with Crippen molar-refractivity contribution in [3.8, 4) is 0 Å². The van der Waals surface area contributed by atoms with Crippen molar-refractivity contribution in [2.24, 2.45) is 0 Å². The molecule has 0 bridgehead atoms. The second-order valence-electron chi connectivity index (χ2n) is 2.40. The average molecular weight is 277 g/mol. The summed E-state index contributed by atoms with van der Waals surface area (Å²) in [7, 11) is 1.39. The van der Waals surface area contributed by atoms with E-state index in [1.54, 1.807) is 11.3 Å². The van der Waals surface area contributed by atoms with Gasteiger partial charge in [-0.1, -0.05) is 0 Å². The first kappa shape index (κ1) is 9.18. The van der Waals surface area contributed by atoms with Crippen LogP contribution in [-0.4, -0.2) is 13.1 Å². The first-order valence-corrected chi connectivity index (χ1v) is 5.96. The number of hydrogen-bond donors (Lipinski definition) is 0. The van der Waals surface area contributed by atoms with Gasteiger partial charge in [-0.05, 0) is 22.0 Å². The number of halogens is 1. The lowest BCUT2D eigenvalue weighted by Gasteiger charge is -1.91. The van der Waals surface area contributed by atoms with Crippen LogP contribution in [-0.2, 0) is 4.74 Å². The molecule has 68 valence electrons. The number of esters is 1. The molecule has 0 aliphatic rings. The summed E-state index contributed by atoms with van der Waals surface area (Å²) in [5, 5.41) is 3.12. The summed E-state index contributed by atoms with van der Waals surface area (Å²) < 4.78 is 6.82. The third-order valence-electron chi connectivity index (χ3n) is 1.62. The molecule has 0 unspecified atom stereocenters. The predicted octanol–water partition coefficient (Wildman–Crippen LogP) is 3.51. The van der Waals surface area contributed by atoms with Crippen LogP contribution in [0.25, 0.3) is 10.1 Å². The molecule has 0 saturated heterocycles. The Morgan fingerprint density at radius 3 is 3.00 bits per heavy atom. The maximum atomic E-state index is 11.2. The fourth-order valence-electron chi connectivity index (χ4n) is 1.02. The lowest BCUT2D eigenvalue weighted by molar-refractivity contribution is 0.0606. The molecule has 2 aromatic heterocycles. The molecule has 0 aliphatic heterocycles. The molecular formula is C8H5BrO2S2. The van der Waals surface area contributed by atoms with E-state index in [0.29, 0.717) is 4.88 Å². The van der Waals surface area contributed by atoms with E-state index in [1.165, 1.54) is 18.4 Å². The highest BCUT2D eigenvalue weighted by Crippen LogP contribution is 2.37. The second-order valence-corrected chi connectivity index (χ2v) is 5.65. The minimum atomic E-state index is -0.266. The van der Waals surface area contributed by atoms with Crippen molar-refractivity contribution in [2.45, 2.75) is 0 Å². The quantitative estimate of drug-likeness (QED) is 0.745. The van der Waals surface area contributed by atoms with Crippen molar-refractivity contribution in [1.29, 1.82) is 0 Å². The fourth-order valence-corrected chi connectivity index (χ4v) is 3.64. The Bertz CT molecular complexity index is 458. The Morgan fingerprint density at radius 2 is 2.38 bits per heavy atom. The van der Waals surface area contributed by atoms with Crippen molar-refractivity contribution in [3.05, 3.63) is 20.1 Å². The third kappa shape index (κ3) is 1.51. The van der Waals surface area contributed by atoms with Crippen molar-refractivity contribution in [2.75, 3.05) is 7.11 Å². The van der Waals surface area contributed by atoms with Crippen LogP contribution in [0.5, 0.6) is 0 Å². The molecule has 0 saturated carbocycles. The number of thiophene rings is 2. The summed E-state index contributed by atoms with van der Waals surface area (Å²) in [6, 6.07) is 1.85.